The zero-order valence-electron chi connectivity index (χ0n) is 13.0. The topological polar surface area (TPSA) is 46.1 Å². The van der Waals surface area contributed by atoms with E-state index in [1.54, 1.807) is 6.20 Å². The Morgan fingerprint density at radius 1 is 1.17 bits per heavy atom. The van der Waals surface area contributed by atoms with Gasteiger partial charge < -0.3 is 4.90 Å². The van der Waals surface area contributed by atoms with Crippen LogP contribution in [0.25, 0.3) is 11.0 Å². The van der Waals surface area contributed by atoms with Gasteiger partial charge in [0.25, 0.3) is 0 Å². The standard InChI is InChI=1S/C18H20ClN3O/c19-15-10-14-4-5-16(21-17(14)20-11-15)12-6-8-22(9-7-12)18(23)13-2-1-3-13/h4-5,10-13H,1-3,6-9H2. The molecular weight excluding hydrogens is 310 g/mol. The molecule has 0 unspecified atom stereocenters. The molecule has 1 saturated carbocycles. The van der Waals surface area contributed by atoms with Crippen molar-refractivity contribution in [3.8, 4) is 0 Å². The molecule has 2 aliphatic rings. The van der Waals surface area contributed by atoms with Gasteiger partial charge in [0.15, 0.2) is 5.65 Å². The molecule has 0 atom stereocenters. The number of fused-ring (bicyclic) bond motifs is 1. The predicted molar refractivity (Wildman–Crippen MR) is 90.4 cm³/mol. The minimum absolute atomic E-state index is 0.305. The first kappa shape index (κ1) is 14.9. The van der Waals surface area contributed by atoms with Crippen molar-refractivity contribution in [1.82, 2.24) is 14.9 Å². The van der Waals surface area contributed by atoms with Crippen LogP contribution in [-0.4, -0.2) is 33.9 Å². The Kier molecular flexibility index (Phi) is 3.93. The number of amides is 1. The van der Waals surface area contributed by atoms with Gasteiger partial charge in [-0.3, -0.25) is 4.79 Å². The fourth-order valence-corrected chi connectivity index (χ4v) is 3.70. The number of likely N-dealkylation sites (tertiary alicyclic amines) is 1. The van der Waals surface area contributed by atoms with E-state index in [1.165, 1.54) is 6.42 Å². The fourth-order valence-electron chi connectivity index (χ4n) is 3.53. The molecule has 2 aromatic heterocycles. The van der Waals surface area contributed by atoms with Crippen molar-refractivity contribution in [2.45, 2.75) is 38.0 Å². The summed E-state index contributed by atoms with van der Waals surface area (Å²) in [4.78, 5) is 23.4. The lowest BCUT2D eigenvalue weighted by Gasteiger charge is -2.36. The zero-order valence-corrected chi connectivity index (χ0v) is 13.8. The van der Waals surface area contributed by atoms with E-state index in [2.05, 4.69) is 16.0 Å². The van der Waals surface area contributed by atoms with Crippen molar-refractivity contribution in [3.63, 3.8) is 0 Å². The summed E-state index contributed by atoms with van der Waals surface area (Å²) in [6.45, 7) is 1.71. The highest BCUT2D eigenvalue weighted by molar-refractivity contribution is 6.31. The van der Waals surface area contributed by atoms with Crippen LogP contribution in [0.4, 0.5) is 0 Å². The number of piperidine rings is 1. The zero-order chi connectivity index (χ0) is 15.8. The predicted octanol–water partition coefficient (Wildman–Crippen LogP) is 3.79. The van der Waals surface area contributed by atoms with Gasteiger partial charge in [0.2, 0.25) is 5.91 Å². The molecule has 2 fully saturated rings. The van der Waals surface area contributed by atoms with Crippen LogP contribution in [0.2, 0.25) is 5.02 Å². The van der Waals surface area contributed by atoms with E-state index in [4.69, 9.17) is 16.6 Å². The first-order valence-corrected chi connectivity index (χ1v) is 8.79. The quantitative estimate of drug-likeness (QED) is 0.842. The van der Waals surface area contributed by atoms with Crippen LogP contribution >= 0.6 is 11.6 Å². The second-order valence-corrected chi connectivity index (χ2v) is 7.10. The van der Waals surface area contributed by atoms with Crippen molar-refractivity contribution in [3.05, 3.63) is 35.1 Å². The molecule has 0 radical (unpaired) electrons. The number of rotatable bonds is 2. The van der Waals surface area contributed by atoms with Gasteiger partial charge in [0, 0.05) is 42.2 Å². The second-order valence-electron chi connectivity index (χ2n) is 6.66. The Hall–Kier alpha value is -1.68. The number of nitrogens with zero attached hydrogens (tertiary/aromatic N) is 3. The molecule has 0 aromatic carbocycles. The van der Waals surface area contributed by atoms with E-state index >= 15 is 0 Å². The number of carbonyl (C=O) groups excluding carboxylic acids is 1. The minimum Gasteiger partial charge on any atom is -0.342 e. The average molecular weight is 330 g/mol. The lowest BCUT2D eigenvalue weighted by atomic mass is 9.83. The van der Waals surface area contributed by atoms with Crippen LogP contribution in [0.1, 0.15) is 43.7 Å². The summed E-state index contributed by atoms with van der Waals surface area (Å²) in [5.41, 5.74) is 1.84. The first-order valence-electron chi connectivity index (χ1n) is 8.42. The maximum Gasteiger partial charge on any atom is 0.225 e. The minimum atomic E-state index is 0.305. The third-order valence-corrected chi connectivity index (χ3v) is 5.42. The molecule has 0 spiro atoms. The Morgan fingerprint density at radius 2 is 1.96 bits per heavy atom. The van der Waals surface area contributed by atoms with E-state index in [1.807, 2.05) is 12.1 Å². The van der Waals surface area contributed by atoms with Crippen LogP contribution < -0.4 is 0 Å². The van der Waals surface area contributed by atoms with Crippen LogP contribution in [0, 0.1) is 5.92 Å². The summed E-state index contributed by atoms with van der Waals surface area (Å²) in [6, 6.07) is 6.01. The molecule has 0 N–H and O–H groups in total. The van der Waals surface area contributed by atoms with Gasteiger partial charge in [0.1, 0.15) is 0 Å². The third-order valence-electron chi connectivity index (χ3n) is 5.21. The number of hydrogen-bond donors (Lipinski definition) is 0. The Bertz CT molecular complexity index is 736. The number of pyridine rings is 2. The maximum absolute atomic E-state index is 12.3. The third kappa shape index (κ3) is 2.92. The van der Waals surface area contributed by atoms with Crippen molar-refractivity contribution in [2.75, 3.05) is 13.1 Å². The molecule has 23 heavy (non-hydrogen) atoms. The van der Waals surface area contributed by atoms with Crippen molar-refractivity contribution in [1.29, 1.82) is 0 Å². The van der Waals surface area contributed by atoms with E-state index in [9.17, 15) is 4.79 Å². The van der Waals surface area contributed by atoms with Gasteiger partial charge in [-0.05, 0) is 43.9 Å². The number of carbonyl (C=O) groups is 1. The van der Waals surface area contributed by atoms with E-state index in [0.717, 1.165) is 55.5 Å². The average Bonchev–Trinajstić information content (AvgIpc) is 2.53. The Labute approximate surface area is 140 Å². The second kappa shape index (κ2) is 6.08. The molecule has 4 nitrogen and oxygen atoms in total. The smallest absolute Gasteiger partial charge is 0.225 e. The van der Waals surface area contributed by atoms with Gasteiger partial charge >= 0.3 is 0 Å². The summed E-state index contributed by atoms with van der Waals surface area (Å²) >= 11 is 5.97. The largest absolute Gasteiger partial charge is 0.342 e. The monoisotopic (exact) mass is 329 g/mol. The molecule has 1 aliphatic carbocycles. The van der Waals surface area contributed by atoms with Crippen LogP contribution in [0.15, 0.2) is 24.4 Å². The van der Waals surface area contributed by atoms with E-state index < -0.39 is 0 Å². The maximum atomic E-state index is 12.3. The summed E-state index contributed by atoms with van der Waals surface area (Å²) in [7, 11) is 0. The fraction of sp³-hybridized carbons (Fsp3) is 0.500. The Morgan fingerprint density at radius 3 is 2.65 bits per heavy atom. The van der Waals surface area contributed by atoms with Gasteiger partial charge in [-0.1, -0.05) is 18.0 Å². The molecule has 5 heteroatoms. The summed E-state index contributed by atoms with van der Waals surface area (Å²) < 4.78 is 0. The highest BCUT2D eigenvalue weighted by Crippen LogP contribution is 2.32. The summed E-state index contributed by atoms with van der Waals surface area (Å²) in [5.74, 6) is 1.10. The molecule has 3 heterocycles. The van der Waals surface area contributed by atoms with E-state index in [-0.39, 0.29) is 0 Å². The highest BCUT2D eigenvalue weighted by Gasteiger charge is 2.32. The molecule has 120 valence electrons. The first-order chi connectivity index (χ1) is 11.2. The van der Waals surface area contributed by atoms with Crippen LogP contribution in [0.5, 0.6) is 0 Å². The van der Waals surface area contributed by atoms with Gasteiger partial charge in [-0.15, -0.1) is 0 Å². The lowest BCUT2D eigenvalue weighted by molar-refractivity contribution is -0.139. The molecule has 1 amide bonds. The summed E-state index contributed by atoms with van der Waals surface area (Å²) in [5, 5.41) is 1.61. The van der Waals surface area contributed by atoms with Gasteiger partial charge in [0.05, 0.1) is 5.02 Å². The van der Waals surface area contributed by atoms with Gasteiger partial charge in [-0.2, -0.15) is 0 Å². The highest BCUT2D eigenvalue weighted by atomic mass is 35.5. The molecule has 4 rings (SSSR count). The van der Waals surface area contributed by atoms with Crippen molar-refractivity contribution >= 4 is 28.5 Å². The lowest BCUT2D eigenvalue weighted by Crippen LogP contribution is -2.43. The van der Waals surface area contributed by atoms with Crippen molar-refractivity contribution < 1.29 is 4.79 Å². The number of hydrogen-bond acceptors (Lipinski definition) is 3. The summed E-state index contributed by atoms with van der Waals surface area (Å²) in [6.07, 6.45) is 7.00. The molecule has 2 aromatic rings. The molecule has 1 aliphatic heterocycles. The Balaban J connectivity index is 1.45. The van der Waals surface area contributed by atoms with Crippen LogP contribution in [-0.2, 0) is 4.79 Å². The van der Waals surface area contributed by atoms with Crippen molar-refractivity contribution in [2.24, 2.45) is 5.92 Å². The molecule has 1 saturated heterocycles. The van der Waals surface area contributed by atoms with Crippen LogP contribution in [0.3, 0.4) is 0 Å². The number of aromatic nitrogens is 2. The molecular formula is C18H20ClN3O. The molecule has 0 bridgehead atoms. The SMILES string of the molecule is O=C(C1CCC1)N1CCC(c2ccc3cc(Cl)cnc3n2)CC1. The van der Waals surface area contributed by atoms with E-state index in [0.29, 0.717) is 22.8 Å². The van der Waals surface area contributed by atoms with Gasteiger partial charge in [-0.25, -0.2) is 9.97 Å². The normalized spacial score (nSPS) is 19.8. The number of halogens is 1.